The summed E-state index contributed by atoms with van der Waals surface area (Å²) >= 11 is 0. The van der Waals surface area contributed by atoms with Crippen LogP contribution in [-0.4, -0.2) is 32.6 Å². The molecule has 0 aliphatic carbocycles. The number of ether oxygens (including phenoxy) is 1. The third-order valence-electron chi connectivity index (χ3n) is 3.28. The number of sulfonamides is 1. The van der Waals surface area contributed by atoms with Gasteiger partial charge in [-0.1, -0.05) is 0 Å². The van der Waals surface area contributed by atoms with Crippen LogP contribution in [0.2, 0.25) is 0 Å². The van der Waals surface area contributed by atoms with Gasteiger partial charge in [0.05, 0.1) is 15.9 Å². The van der Waals surface area contributed by atoms with Crippen molar-refractivity contribution in [2.75, 3.05) is 18.9 Å². The highest BCUT2D eigenvalue weighted by Crippen LogP contribution is 2.24. The number of nitro groups is 1. The van der Waals surface area contributed by atoms with E-state index < -0.39 is 14.9 Å². The normalized spacial score (nSPS) is 19.3. The number of nitrogens with two attached hydrogens (primary N) is 1. The van der Waals surface area contributed by atoms with Gasteiger partial charge in [-0.25, -0.2) is 13.1 Å². The fourth-order valence-corrected chi connectivity index (χ4v) is 3.22. The molecular formula is C12H17N3O5S. The van der Waals surface area contributed by atoms with Gasteiger partial charge in [0.25, 0.3) is 5.69 Å². The minimum absolute atomic E-state index is 0.0959. The molecule has 1 aliphatic rings. The quantitative estimate of drug-likeness (QED) is 0.475. The Hall–Kier alpha value is -1.71. The van der Waals surface area contributed by atoms with Crippen molar-refractivity contribution in [3.8, 4) is 0 Å². The number of anilines is 1. The first-order valence-corrected chi connectivity index (χ1v) is 8.03. The zero-order chi connectivity index (χ0) is 15.5. The van der Waals surface area contributed by atoms with Crippen molar-refractivity contribution in [2.24, 2.45) is 0 Å². The molecule has 9 heteroatoms. The zero-order valence-corrected chi connectivity index (χ0v) is 12.1. The van der Waals surface area contributed by atoms with Crippen molar-refractivity contribution in [1.82, 2.24) is 4.72 Å². The Labute approximate surface area is 122 Å². The van der Waals surface area contributed by atoms with E-state index in [9.17, 15) is 18.5 Å². The van der Waals surface area contributed by atoms with E-state index >= 15 is 0 Å². The summed E-state index contributed by atoms with van der Waals surface area (Å²) in [6.45, 7) is 0.816. The van der Waals surface area contributed by atoms with Crippen LogP contribution in [-0.2, 0) is 14.8 Å². The van der Waals surface area contributed by atoms with E-state index in [1.54, 1.807) is 0 Å². The molecule has 116 valence electrons. The SMILES string of the molecule is Nc1cc(S(=O)(=O)NCC2CCCCO2)ccc1[N+](=O)[O-]. The maximum atomic E-state index is 12.1. The number of nitrogens with zero attached hydrogens (tertiary/aromatic N) is 1. The molecule has 0 amide bonds. The molecule has 1 atom stereocenters. The second-order valence-electron chi connectivity index (χ2n) is 4.82. The fraction of sp³-hybridized carbons (Fsp3) is 0.500. The van der Waals surface area contributed by atoms with Gasteiger partial charge in [0.2, 0.25) is 10.0 Å². The van der Waals surface area contributed by atoms with Gasteiger partial charge >= 0.3 is 0 Å². The molecule has 8 nitrogen and oxygen atoms in total. The summed E-state index contributed by atoms with van der Waals surface area (Å²) in [4.78, 5) is 9.91. The van der Waals surface area contributed by atoms with Crippen molar-refractivity contribution in [3.05, 3.63) is 28.3 Å². The lowest BCUT2D eigenvalue weighted by Gasteiger charge is -2.22. The standard InChI is InChI=1S/C12H17N3O5S/c13-11-7-10(4-5-12(11)15(16)17)21(18,19)14-8-9-3-1-2-6-20-9/h4-5,7,9,14H,1-3,6,8,13H2. The molecule has 0 bridgehead atoms. The van der Waals surface area contributed by atoms with Crippen LogP contribution >= 0.6 is 0 Å². The predicted octanol–water partition coefficient (Wildman–Crippen LogP) is 1.02. The van der Waals surface area contributed by atoms with E-state index in [0.29, 0.717) is 6.61 Å². The summed E-state index contributed by atoms with van der Waals surface area (Å²) in [7, 11) is -3.76. The maximum absolute atomic E-state index is 12.1. The van der Waals surface area contributed by atoms with Crippen LogP contribution in [0.25, 0.3) is 0 Å². The molecule has 0 saturated carbocycles. The second kappa shape index (κ2) is 6.37. The van der Waals surface area contributed by atoms with Crippen LogP contribution in [0, 0.1) is 10.1 Å². The third kappa shape index (κ3) is 3.90. The molecule has 0 aromatic heterocycles. The number of hydrogen-bond donors (Lipinski definition) is 2. The number of rotatable bonds is 5. The Morgan fingerprint density at radius 1 is 1.43 bits per heavy atom. The van der Waals surface area contributed by atoms with Gasteiger partial charge in [-0.05, 0) is 31.4 Å². The Morgan fingerprint density at radius 2 is 2.19 bits per heavy atom. The van der Waals surface area contributed by atoms with Gasteiger partial charge in [0.1, 0.15) is 5.69 Å². The molecule has 0 radical (unpaired) electrons. The van der Waals surface area contributed by atoms with E-state index in [1.807, 2.05) is 0 Å². The van der Waals surface area contributed by atoms with Crippen LogP contribution in [0.5, 0.6) is 0 Å². The highest BCUT2D eigenvalue weighted by Gasteiger charge is 2.21. The minimum Gasteiger partial charge on any atom is -0.393 e. The van der Waals surface area contributed by atoms with E-state index in [-0.39, 0.29) is 28.9 Å². The number of nitrogen functional groups attached to an aromatic ring is 1. The van der Waals surface area contributed by atoms with Gasteiger partial charge in [-0.15, -0.1) is 0 Å². The summed E-state index contributed by atoms with van der Waals surface area (Å²) in [6, 6.07) is 3.34. The molecule has 1 saturated heterocycles. The molecule has 0 spiro atoms. The van der Waals surface area contributed by atoms with Crippen LogP contribution in [0.3, 0.4) is 0 Å². The van der Waals surface area contributed by atoms with Gasteiger partial charge in [0, 0.05) is 19.2 Å². The Kier molecular flexibility index (Phi) is 4.76. The lowest BCUT2D eigenvalue weighted by Crippen LogP contribution is -2.35. The van der Waals surface area contributed by atoms with Crippen molar-refractivity contribution in [3.63, 3.8) is 0 Å². The smallest absolute Gasteiger partial charge is 0.292 e. The summed E-state index contributed by atoms with van der Waals surface area (Å²) in [5.74, 6) is 0. The Morgan fingerprint density at radius 3 is 2.76 bits per heavy atom. The van der Waals surface area contributed by atoms with Crippen LogP contribution in [0.4, 0.5) is 11.4 Å². The van der Waals surface area contributed by atoms with Crippen molar-refractivity contribution >= 4 is 21.4 Å². The molecule has 1 unspecified atom stereocenters. The molecule has 2 rings (SSSR count). The first kappa shape index (κ1) is 15.7. The lowest BCUT2D eigenvalue weighted by atomic mass is 10.1. The summed E-state index contributed by atoms with van der Waals surface area (Å²) in [5, 5.41) is 10.7. The number of hydrogen-bond acceptors (Lipinski definition) is 6. The Bertz CT molecular complexity index is 626. The van der Waals surface area contributed by atoms with E-state index in [2.05, 4.69) is 4.72 Å². The molecule has 1 aromatic carbocycles. The number of nitro benzene ring substituents is 1. The highest BCUT2D eigenvalue weighted by molar-refractivity contribution is 7.89. The van der Waals surface area contributed by atoms with Gasteiger partial charge in [-0.2, -0.15) is 0 Å². The zero-order valence-electron chi connectivity index (χ0n) is 11.3. The third-order valence-corrected chi connectivity index (χ3v) is 4.70. The molecule has 3 N–H and O–H groups in total. The van der Waals surface area contributed by atoms with Crippen LogP contribution in [0.15, 0.2) is 23.1 Å². The first-order valence-electron chi connectivity index (χ1n) is 6.55. The van der Waals surface area contributed by atoms with E-state index in [4.69, 9.17) is 10.5 Å². The fourth-order valence-electron chi connectivity index (χ4n) is 2.12. The summed E-state index contributed by atoms with van der Waals surface area (Å²) in [6.07, 6.45) is 2.67. The monoisotopic (exact) mass is 315 g/mol. The minimum atomic E-state index is -3.76. The first-order chi connectivity index (χ1) is 9.90. The van der Waals surface area contributed by atoms with Gasteiger partial charge in [0.15, 0.2) is 0 Å². The van der Waals surface area contributed by atoms with Crippen LogP contribution in [0.1, 0.15) is 19.3 Å². The number of nitrogens with one attached hydrogen (secondary N) is 1. The van der Waals surface area contributed by atoms with Crippen LogP contribution < -0.4 is 10.5 Å². The molecule has 1 aliphatic heterocycles. The Balaban J connectivity index is 2.08. The van der Waals surface area contributed by atoms with Crippen molar-refractivity contribution in [1.29, 1.82) is 0 Å². The number of benzene rings is 1. The second-order valence-corrected chi connectivity index (χ2v) is 6.59. The van der Waals surface area contributed by atoms with Gasteiger partial charge < -0.3 is 10.5 Å². The lowest BCUT2D eigenvalue weighted by molar-refractivity contribution is -0.383. The highest BCUT2D eigenvalue weighted by atomic mass is 32.2. The predicted molar refractivity (Wildman–Crippen MR) is 76.3 cm³/mol. The molecule has 1 heterocycles. The average molecular weight is 315 g/mol. The summed E-state index contributed by atoms with van der Waals surface area (Å²) < 4.78 is 32.1. The molecule has 1 aromatic rings. The topological polar surface area (TPSA) is 125 Å². The van der Waals surface area contributed by atoms with E-state index in [0.717, 1.165) is 31.4 Å². The van der Waals surface area contributed by atoms with Crippen molar-refractivity contribution < 1.29 is 18.1 Å². The molecular weight excluding hydrogens is 298 g/mol. The maximum Gasteiger partial charge on any atom is 0.292 e. The molecule has 1 fully saturated rings. The van der Waals surface area contributed by atoms with Crippen molar-refractivity contribution in [2.45, 2.75) is 30.3 Å². The average Bonchev–Trinajstić information content (AvgIpc) is 2.46. The van der Waals surface area contributed by atoms with Gasteiger partial charge in [-0.3, -0.25) is 10.1 Å². The summed E-state index contributed by atoms with van der Waals surface area (Å²) in [5.41, 5.74) is 5.00. The molecule has 21 heavy (non-hydrogen) atoms. The van der Waals surface area contributed by atoms with E-state index in [1.165, 1.54) is 6.07 Å². The largest absolute Gasteiger partial charge is 0.393 e.